The quantitative estimate of drug-likeness (QED) is 0.710. The highest BCUT2D eigenvalue weighted by Gasteiger charge is 2.28. The maximum absolute atomic E-state index is 3.97. The number of hydrogen-bond donors (Lipinski definition) is 2. The highest BCUT2D eigenvalue weighted by atomic mass is 15.0. The van der Waals surface area contributed by atoms with Gasteiger partial charge < -0.3 is 10.3 Å². The molecule has 0 fully saturated rings. The zero-order chi connectivity index (χ0) is 16.1. The minimum absolute atomic E-state index is 0.473. The van der Waals surface area contributed by atoms with Crippen LogP contribution in [0.2, 0.25) is 0 Å². The summed E-state index contributed by atoms with van der Waals surface area (Å²) in [6.07, 6.45) is 6.07. The van der Waals surface area contributed by atoms with Crippen molar-refractivity contribution in [1.82, 2.24) is 10.3 Å². The van der Waals surface area contributed by atoms with Crippen molar-refractivity contribution < 1.29 is 0 Å². The first kappa shape index (κ1) is 14.3. The van der Waals surface area contributed by atoms with Crippen LogP contribution in [0.4, 0.5) is 0 Å². The molecular weight excluding hydrogens is 292 g/mol. The number of aryl methyl sites for hydroxylation is 2. The molecule has 2 N–H and O–H groups in total. The summed E-state index contributed by atoms with van der Waals surface area (Å²) in [5, 5.41) is 5.40. The summed E-state index contributed by atoms with van der Waals surface area (Å²) in [5.74, 6) is 0. The van der Waals surface area contributed by atoms with Crippen LogP contribution in [-0.4, -0.2) is 11.0 Å². The van der Waals surface area contributed by atoms with Gasteiger partial charge in [-0.1, -0.05) is 35.9 Å². The van der Waals surface area contributed by atoms with E-state index in [1.54, 1.807) is 5.56 Å². The van der Waals surface area contributed by atoms with Crippen LogP contribution >= 0.6 is 0 Å². The van der Waals surface area contributed by atoms with Crippen molar-refractivity contribution in [2.75, 3.05) is 0 Å². The first-order valence-corrected chi connectivity index (χ1v) is 9.22. The van der Waals surface area contributed by atoms with Gasteiger partial charge in [-0.15, -0.1) is 0 Å². The van der Waals surface area contributed by atoms with Crippen LogP contribution in [0.5, 0.6) is 0 Å². The Hall–Kier alpha value is -2.06. The van der Waals surface area contributed by atoms with Crippen LogP contribution in [0, 0.1) is 6.92 Å². The average Bonchev–Trinajstić information content (AvgIpc) is 3.16. The number of H-pyrrole nitrogens is 1. The number of aromatic amines is 1. The molecule has 1 unspecified atom stereocenters. The maximum atomic E-state index is 3.97. The van der Waals surface area contributed by atoms with Gasteiger partial charge in [-0.3, -0.25) is 0 Å². The Bertz CT molecular complexity index is 880. The Morgan fingerprint density at radius 3 is 2.62 bits per heavy atom. The molecule has 1 heterocycles. The fourth-order valence-electron chi connectivity index (χ4n) is 4.70. The first-order chi connectivity index (χ1) is 11.8. The molecule has 0 saturated heterocycles. The molecule has 2 heteroatoms. The maximum Gasteiger partial charge on any atom is 0.0478 e. The molecule has 122 valence electrons. The number of fused-ring (bicyclic) bond motifs is 4. The minimum Gasteiger partial charge on any atom is -0.357 e. The van der Waals surface area contributed by atoms with Crippen molar-refractivity contribution in [3.63, 3.8) is 0 Å². The van der Waals surface area contributed by atoms with Crippen molar-refractivity contribution in [2.24, 2.45) is 0 Å². The third-order valence-corrected chi connectivity index (χ3v) is 5.85. The zero-order valence-electron chi connectivity index (χ0n) is 14.2. The summed E-state index contributed by atoms with van der Waals surface area (Å²) in [6, 6.07) is 16.8. The van der Waals surface area contributed by atoms with E-state index in [0.29, 0.717) is 12.1 Å². The van der Waals surface area contributed by atoms with E-state index in [-0.39, 0.29) is 0 Å². The van der Waals surface area contributed by atoms with Crippen molar-refractivity contribution in [3.8, 4) is 0 Å². The first-order valence-electron chi connectivity index (χ1n) is 9.22. The third kappa shape index (κ3) is 2.29. The summed E-state index contributed by atoms with van der Waals surface area (Å²) in [6.45, 7) is 2.19. The molecule has 0 saturated carbocycles. The van der Waals surface area contributed by atoms with Gasteiger partial charge in [-0.2, -0.15) is 0 Å². The van der Waals surface area contributed by atoms with Crippen LogP contribution in [0.3, 0.4) is 0 Å². The summed E-state index contributed by atoms with van der Waals surface area (Å²) in [5.41, 5.74) is 8.70. The van der Waals surface area contributed by atoms with Crippen LogP contribution in [0.25, 0.3) is 10.9 Å². The Morgan fingerprint density at radius 1 is 1.04 bits per heavy atom. The lowest BCUT2D eigenvalue weighted by Crippen LogP contribution is -2.35. The highest BCUT2D eigenvalue weighted by Crippen LogP contribution is 2.36. The van der Waals surface area contributed by atoms with Crippen LogP contribution < -0.4 is 5.32 Å². The molecule has 3 aromatic rings. The summed E-state index contributed by atoms with van der Waals surface area (Å²) in [7, 11) is 0. The van der Waals surface area contributed by atoms with Gasteiger partial charge in [0.15, 0.2) is 0 Å². The van der Waals surface area contributed by atoms with Crippen LogP contribution in [0.1, 0.15) is 46.8 Å². The van der Waals surface area contributed by atoms with E-state index in [2.05, 4.69) is 59.7 Å². The normalized spacial score (nSPS) is 20.3. The lowest BCUT2D eigenvalue weighted by Gasteiger charge is -2.27. The number of hydrogen-bond acceptors (Lipinski definition) is 1. The molecule has 2 aliphatic carbocycles. The van der Waals surface area contributed by atoms with Gasteiger partial charge >= 0.3 is 0 Å². The molecule has 5 rings (SSSR count). The topological polar surface area (TPSA) is 27.8 Å². The largest absolute Gasteiger partial charge is 0.357 e. The molecule has 2 nitrogen and oxygen atoms in total. The monoisotopic (exact) mass is 316 g/mol. The predicted octanol–water partition coefficient (Wildman–Crippen LogP) is 4.61. The summed E-state index contributed by atoms with van der Waals surface area (Å²) < 4.78 is 0. The molecule has 0 aliphatic heterocycles. The summed E-state index contributed by atoms with van der Waals surface area (Å²) in [4.78, 5) is 3.73. The Balaban J connectivity index is 1.44. The number of nitrogens with one attached hydrogen (secondary N) is 2. The van der Waals surface area contributed by atoms with E-state index in [0.717, 1.165) is 0 Å². The fraction of sp³-hybridized carbons (Fsp3) is 0.364. The lowest BCUT2D eigenvalue weighted by atomic mass is 9.91. The number of benzene rings is 2. The highest BCUT2D eigenvalue weighted by molar-refractivity contribution is 5.85. The SMILES string of the molecule is Cc1ccc2[nH]c3c(c2c1)CCCC3NC1Cc2ccccc2C1. The molecule has 0 amide bonds. The fourth-order valence-corrected chi connectivity index (χ4v) is 4.70. The van der Waals surface area contributed by atoms with Crippen molar-refractivity contribution in [3.05, 3.63) is 70.4 Å². The Labute approximate surface area is 143 Å². The van der Waals surface area contributed by atoms with Gasteiger partial charge in [0.05, 0.1) is 0 Å². The Kier molecular flexibility index (Phi) is 3.27. The van der Waals surface area contributed by atoms with Crippen LogP contribution in [-0.2, 0) is 19.3 Å². The van der Waals surface area contributed by atoms with Crippen molar-refractivity contribution in [1.29, 1.82) is 0 Å². The molecule has 2 aromatic carbocycles. The molecule has 0 spiro atoms. The molecule has 24 heavy (non-hydrogen) atoms. The van der Waals surface area contributed by atoms with E-state index in [4.69, 9.17) is 0 Å². The number of aromatic nitrogens is 1. The van der Waals surface area contributed by atoms with E-state index >= 15 is 0 Å². The molecule has 0 radical (unpaired) electrons. The second kappa shape index (κ2) is 5.49. The average molecular weight is 316 g/mol. The number of rotatable bonds is 2. The molecule has 1 atom stereocenters. The molecule has 0 bridgehead atoms. The zero-order valence-corrected chi connectivity index (χ0v) is 14.2. The Morgan fingerprint density at radius 2 is 1.83 bits per heavy atom. The predicted molar refractivity (Wildman–Crippen MR) is 99.5 cm³/mol. The second-order valence-electron chi connectivity index (χ2n) is 7.55. The van der Waals surface area contributed by atoms with Gasteiger partial charge in [0.1, 0.15) is 0 Å². The van der Waals surface area contributed by atoms with E-state index < -0.39 is 0 Å². The minimum atomic E-state index is 0.473. The molecule has 2 aliphatic rings. The van der Waals surface area contributed by atoms with E-state index in [1.807, 2.05) is 0 Å². The lowest BCUT2D eigenvalue weighted by molar-refractivity contribution is 0.396. The summed E-state index contributed by atoms with van der Waals surface area (Å²) >= 11 is 0. The van der Waals surface area contributed by atoms with Crippen LogP contribution in [0.15, 0.2) is 42.5 Å². The van der Waals surface area contributed by atoms with Crippen molar-refractivity contribution >= 4 is 10.9 Å². The van der Waals surface area contributed by atoms with Gasteiger partial charge in [0.2, 0.25) is 0 Å². The van der Waals surface area contributed by atoms with Gasteiger partial charge in [-0.25, -0.2) is 0 Å². The standard InChI is InChI=1S/C22H24N2/c1-14-9-10-20-19(11-14)18-7-4-8-21(22(18)24-20)23-17-12-15-5-2-3-6-16(15)13-17/h2-3,5-6,9-11,17,21,23-24H,4,7-8,12-13H2,1H3. The third-order valence-electron chi connectivity index (χ3n) is 5.85. The van der Waals surface area contributed by atoms with Gasteiger partial charge in [-0.05, 0) is 67.9 Å². The second-order valence-corrected chi connectivity index (χ2v) is 7.55. The molecular formula is C22H24N2. The van der Waals surface area contributed by atoms with Crippen molar-refractivity contribution in [2.45, 2.75) is 51.1 Å². The smallest absolute Gasteiger partial charge is 0.0478 e. The van der Waals surface area contributed by atoms with Gasteiger partial charge in [0, 0.05) is 28.7 Å². The van der Waals surface area contributed by atoms with E-state index in [9.17, 15) is 0 Å². The van der Waals surface area contributed by atoms with Gasteiger partial charge in [0.25, 0.3) is 0 Å². The molecule has 1 aromatic heterocycles. The van der Waals surface area contributed by atoms with E-state index in [1.165, 1.54) is 65.4 Å².